The van der Waals surface area contributed by atoms with Crippen LogP contribution >= 0.6 is 0 Å². The van der Waals surface area contributed by atoms with Crippen LogP contribution in [0, 0.1) is 6.92 Å². The summed E-state index contributed by atoms with van der Waals surface area (Å²) in [6.07, 6.45) is 0.314. The van der Waals surface area contributed by atoms with E-state index in [4.69, 9.17) is 5.11 Å². The second-order valence-corrected chi connectivity index (χ2v) is 5.84. The van der Waals surface area contributed by atoms with Gasteiger partial charge in [-0.25, -0.2) is 8.42 Å². The Balaban J connectivity index is 2.65. The number of sulfone groups is 1. The average Bonchev–Trinajstić information content (AvgIpc) is 2.18. The van der Waals surface area contributed by atoms with Crippen molar-refractivity contribution < 1.29 is 13.5 Å². The second kappa shape index (κ2) is 5.28. The van der Waals surface area contributed by atoms with Gasteiger partial charge in [0.15, 0.2) is 9.84 Å². The molecule has 0 aliphatic rings. The molecule has 0 saturated carbocycles. The third-order valence-electron chi connectivity index (χ3n) is 2.12. The molecular weight excluding hydrogens is 212 g/mol. The molecule has 0 amide bonds. The highest BCUT2D eigenvalue weighted by Gasteiger charge is 2.10. The van der Waals surface area contributed by atoms with Gasteiger partial charge in [-0.3, -0.25) is 0 Å². The first-order valence-electron chi connectivity index (χ1n) is 4.90. The molecule has 0 heterocycles. The average molecular weight is 228 g/mol. The Hall–Kier alpha value is -0.870. The molecule has 0 spiro atoms. The van der Waals surface area contributed by atoms with E-state index < -0.39 is 9.84 Å². The highest BCUT2D eigenvalue weighted by molar-refractivity contribution is 7.90. The maximum Gasteiger partial charge on any atom is 0.154 e. The summed E-state index contributed by atoms with van der Waals surface area (Å²) < 4.78 is 23.1. The fourth-order valence-corrected chi connectivity index (χ4v) is 2.71. The monoisotopic (exact) mass is 228 g/mol. The van der Waals surface area contributed by atoms with Crippen LogP contribution in [0.15, 0.2) is 24.3 Å². The lowest BCUT2D eigenvalue weighted by Crippen LogP contribution is -2.10. The molecule has 0 aliphatic heterocycles. The third kappa shape index (κ3) is 4.44. The number of aliphatic hydroxyl groups is 1. The van der Waals surface area contributed by atoms with Crippen LogP contribution in [0.2, 0.25) is 0 Å². The van der Waals surface area contributed by atoms with E-state index in [1.165, 1.54) is 0 Å². The Labute approximate surface area is 90.7 Å². The lowest BCUT2D eigenvalue weighted by atomic mass is 10.2. The summed E-state index contributed by atoms with van der Waals surface area (Å²) in [6, 6.07) is 7.45. The number of hydrogen-bond donors (Lipinski definition) is 1. The SMILES string of the molecule is Cc1ccc(CS(=O)(=O)CCCO)cc1. The minimum Gasteiger partial charge on any atom is -0.396 e. The first-order valence-corrected chi connectivity index (χ1v) is 6.72. The smallest absolute Gasteiger partial charge is 0.154 e. The van der Waals surface area contributed by atoms with Gasteiger partial charge in [0.2, 0.25) is 0 Å². The molecule has 15 heavy (non-hydrogen) atoms. The summed E-state index contributed by atoms with van der Waals surface area (Å²) in [7, 11) is -3.07. The first-order chi connectivity index (χ1) is 7.03. The summed E-state index contributed by atoms with van der Waals surface area (Å²) in [5, 5.41) is 8.57. The summed E-state index contributed by atoms with van der Waals surface area (Å²) in [4.78, 5) is 0. The zero-order valence-electron chi connectivity index (χ0n) is 8.81. The number of aliphatic hydroxyl groups excluding tert-OH is 1. The van der Waals surface area contributed by atoms with E-state index in [-0.39, 0.29) is 18.1 Å². The molecule has 0 bridgehead atoms. The summed E-state index contributed by atoms with van der Waals surface area (Å²) in [5.41, 5.74) is 1.92. The normalized spacial score (nSPS) is 11.6. The molecule has 0 saturated heterocycles. The molecule has 0 fully saturated rings. The van der Waals surface area contributed by atoms with Crippen LogP contribution in [-0.2, 0) is 15.6 Å². The van der Waals surface area contributed by atoms with Gasteiger partial charge in [0.05, 0.1) is 11.5 Å². The van der Waals surface area contributed by atoms with Gasteiger partial charge in [-0.15, -0.1) is 0 Å². The van der Waals surface area contributed by atoms with Crippen molar-refractivity contribution in [2.24, 2.45) is 0 Å². The quantitative estimate of drug-likeness (QED) is 0.826. The lowest BCUT2D eigenvalue weighted by molar-refractivity contribution is 0.295. The van der Waals surface area contributed by atoms with E-state index in [2.05, 4.69) is 0 Å². The van der Waals surface area contributed by atoms with E-state index >= 15 is 0 Å². The van der Waals surface area contributed by atoms with E-state index in [0.29, 0.717) is 6.42 Å². The van der Waals surface area contributed by atoms with Crippen molar-refractivity contribution in [1.29, 1.82) is 0 Å². The minimum atomic E-state index is -3.07. The molecule has 1 N–H and O–H groups in total. The summed E-state index contributed by atoms with van der Waals surface area (Å²) >= 11 is 0. The Morgan fingerprint density at radius 1 is 1.20 bits per heavy atom. The van der Waals surface area contributed by atoms with Crippen molar-refractivity contribution in [1.82, 2.24) is 0 Å². The Morgan fingerprint density at radius 2 is 1.80 bits per heavy atom. The molecule has 0 radical (unpaired) electrons. The molecule has 84 valence electrons. The van der Waals surface area contributed by atoms with Crippen LogP contribution < -0.4 is 0 Å². The van der Waals surface area contributed by atoms with E-state index in [9.17, 15) is 8.42 Å². The molecule has 1 aromatic carbocycles. The van der Waals surface area contributed by atoms with Crippen molar-refractivity contribution in [3.05, 3.63) is 35.4 Å². The van der Waals surface area contributed by atoms with Crippen molar-refractivity contribution in [2.45, 2.75) is 19.1 Å². The molecule has 0 aromatic heterocycles. The van der Waals surface area contributed by atoms with Crippen LogP contribution in [0.5, 0.6) is 0 Å². The molecule has 1 aromatic rings. The molecule has 4 heteroatoms. The van der Waals surface area contributed by atoms with Gasteiger partial charge >= 0.3 is 0 Å². The van der Waals surface area contributed by atoms with Crippen molar-refractivity contribution >= 4 is 9.84 Å². The molecule has 0 unspecified atom stereocenters. The van der Waals surface area contributed by atoms with Gasteiger partial charge < -0.3 is 5.11 Å². The zero-order chi connectivity index (χ0) is 11.3. The molecule has 0 atom stereocenters. The highest BCUT2D eigenvalue weighted by Crippen LogP contribution is 2.08. The van der Waals surface area contributed by atoms with Gasteiger partial charge in [0.25, 0.3) is 0 Å². The van der Waals surface area contributed by atoms with E-state index in [1.54, 1.807) is 0 Å². The number of rotatable bonds is 5. The molecular formula is C11H16O3S. The van der Waals surface area contributed by atoms with Crippen molar-refractivity contribution in [3.8, 4) is 0 Å². The standard InChI is InChI=1S/C11H16O3S/c1-10-3-5-11(6-4-10)9-15(13,14)8-2-7-12/h3-6,12H,2,7-9H2,1H3. The van der Waals surface area contributed by atoms with E-state index in [1.807, 2.05) is 31.2 Å². The summed E-state index contributed by atoms with van der Waals surface area (Å²) in [5.74, 6) is 0.116. The number of aryl methyl sites for hydroxylation is 1. The molecule has 3 nitrogen and oxygen atoms in total. The largest absolute Gasteiger partial charge is 0.396 e. The van der Waals surface area contributed by atoms with Crippen LogP contribution in [0.3, 0.4) is 0 Å². The number of hydrogen-bond acceptors (Lipinski definition) is 3. The van der Waals surface area contributed by atoms with Gasteiger partial charge in [-0.2, -0.15) is 0 Å². The topological polar surface area (TPSA) is 54.4 Å². The predicted octanol–water partition coefficient (Wildman–Crippen LogP) is 1.29. The van der Waals surface area contributed by atoms with Gasteiger partial charge in [-0.05, 0) is 18.9 Å². The number of benzene rings is 1. The van der Waals surface area contributed by atoms with Crippen molar-refractivity contribution in [2.75, 3.05) is 12.4 Å². The molecule has 1 rings (SSSR count). The maximum absolute atomic E-state index is 11.5. The third-order valence-corrected chi connectivity index (χ3v) is 3.80. The summed E-state index contributed by atoms with van der Waals surface area (Å²) in [6.45, 7) is 1.89. The predicted molar refractivity (Wildman–Crippen MR) is 60.4 cm³/mol. The van der Waals surface area contributed by atoms with Gasteiger partial charge in [0.1, 0.15) is 0 Å². The Bertz CT molecular complexity index is 392. The zero-order valence-corrected chi connectivity index (χ0v) is 9.63. The van der Waals surface area contributed by atoms with Crippen LogP contribution in [-0.4, -0.2) is 25.9 Å². The fourth-order valence-electron chi connectivity index (χ4n) is 1.29. The second-order valence-electron chi connectivity index (χ2n) is 3.65. The van der Waals surface area contributed by atoms with Crippen LogP contribution in [0.1, 0.15) is 17.5 Å². The van der Waals surface area contributed by atoms with Gasteiger partial charge in [-0.1, -0.05) is 29.8 Å². The molecule has 0 aliphatic carbocycles. The van der Waals surface area contributed by atoms with Crippen molar-refractivity contribution in [3.63, 3.8) is 0 Å². The minimum absolute atomic E-state index is 0.0530. The fraction of sp³-hybridized carbons (Fsp3) is 0.455. The van der Waals surface area contributed by atoms with Crippen LogP contribution in [0.25, 0.3) is 0 Å². The Morgan fingerprint density at radius 3 is 2.33 bits per heavy atom. The highest BCUT2D eigenvalue weighted by atomic mass is 32.2. The lowest BCUT2D eigenvalue weighted by Gasteiger charge is -2.03. The van der Waals surface area contributed by atoms with Gasteiger partial charge in [0, 0.05) is 6.61 Å². The van der Waals surface area contributed by atoms with E-state index in [0.717, 1.165) is 11.1 Å². The Kier molecular flexibility index (Phi) is 4.29. The maximum atomic E-state index is 11.5. The first kappa shape index (κ1) is 12.2. The van der Waals surface area contributed by atoms with Crippen LogP contribution in [0.4, 0.5) is 0 Å².